The number of guanidine groups is 1. The third-order valence-electron chi connectivity index (χ3n) is 6.80. The van der Waals surface area contributed by atoms with E-state index < -0.39 is 0 Å². The van der Waals surface area contributed by atoms with Crippen molar-refractivity contribution in [2.24, 2.45) is 34.6 Å². The summed E-state index contributed by atoms with van der Waals surface area (Å²) in [7, 11) is 4.23. The highest BCUT2D eigenvalue weighted by Gasteiger charge is 2.58. The molecule has 3 fully saturated rings. The first-order valence-electron chi connectivity index (χ1n) is 10.7. The first kappa shape index (κ1) is 19.4. The molecule has 3 aliphatic carbocycles. The smallest absolute Gasteiger partial charge is 0.233 e. The molecule has 0 aromatic heterocycles. The Labute approximate surface area is 167 Å². The van der Waals surface area contributed by atoms with E-state index in [1.807, 2.05) is 6.92 Å². The predicted octanol–water partition coefficient (Wildman–Crippen LogP) is 0.689. The van der Waals surface area contributed by atoms with Crippen LogP contribution in [0, 0.1) is 29.6 Å². The van der Waals surface area contributed by atoms with Gasteiger partial charge in [-0.1, -0.05) is 12.2 Å². The summed E-state index contributed by atoms with van der Waals surface area (Å²) in [5.41, 5.74) is 0. The zero-order valence-electron chi connectivity index (χ0n) is 17.2. The number of allylic oxidation sites excluding steroid dienone is 2. The van der Waals surface area contributed by atoms with Gasteiger partial charge in [-0.3, -0.25) is 19.5 Å². The monoisotopic (exact) mass is 387 g/mol. The van der Waals surface area contributed by atoms with Crippen molar-refractivity contribution < 1.29 is 9.59 Å². The normalized spacial score (nSPS) is 32.4. The van der Waals surface area contributed by atoms with Gasteiger partial charge in [0.05, 0.1) is 18.4 Å². The largest absolute Gasteiger partial charge is 0.357 e. The summed E-state index contributed by atoms with van der Waals surface area (Å²) in [4.78, 5) is 34.0. The van der Waals surface area contributed by atoms with E-state index in [1.165, 1.54) is 17.7 Å². The van der Waals surface area contributed by atoms with Crippen molar-refractivity contribution >= 4 is 17.8 Å². The van der Waals surface area contributed by atoms with Crippen LogP contribution in [0.2, 0.25) is 0 Å². The van der Waals surface area contributed by atoms with E-state index >= 15 is 0 Å². The SMILES string of the molecule is CCNC(=NCC(C1CC1)N(C)C)NCCN1C(=O)C2C3C=CC(C3)C2C1=O. The molecule has 5 unspecified atom stereocenters. The number of fused-ring (bicyclic) bond motifs is 5. The molecular formula is C21H33N5O2. The van der Waals surface area contributed by atoms with Crippen molar-refractivity contribution in [3.05, 3.63) is 12.2 Å². The second-order valence-electron chi connectivity index (χ2n) is 8.84. The number of hydrogen-bond acceptors (Lipinski definition) is 4. The average molecular weight is 388 g/mol. The Morgan fingerprint density at radius 1 is 1.18 bits per heavy atom. The lowest BCUT2D eigenvalue weighted by Crippen LogP contribution is -2.44. The van der Waals surface area contributed by atoms with Crippen LogP contribution in [0.4, 0.5) is 0 Å². The zero-order valence-corrected chi connectivity index (χ0v) is 17.2. The highest BCUT2D eigenvalue weighted by atomic mass is 16.2. The average Bonchev–Trinajstić information content (AvgIpc) is 3.19. The van der Waals surface area contributed by atoms with Gasteiger partial charge in [0.1, 0.15) is 0 Å². The van der Waals surface area contributed by atoms with Crippen molar-refractivity contribution in [3.8, 4) is 0 Å². The molecule has 0 spiro atoms. The molecule has 5 atom stereocenters. The molecule has 7 heteroatoms. The van der Waals surface area contributed by atoms with Crippen LogP contribution in [0.1, 0.15) is 26.2 Å². The minimum Gasteiger partial charge on any atom is -0.357 e. The predicted molar refractivity (Wildman–Crippen MR) is 109 cm³/mol. The number of aliphatic imine (C=N–C) groups is 1. The number of rotatable bonds is 8. The number of nitrogens with one attached hydrogen (secondary N) is 2. The molecule has 2 saturated carbocycles. The fourth-order valence-corrected chi connectivity index (χ4v) is 5.21. The number of imide groups is 1. The summed E-state index contributed by atoms with van der Waals surface area (Å²) in [5.74, 6) is 1.89. The Bertz CT molecular complexity index is 652. The van der Waals surface area contributed by atoms with Crippen molar-refractivity contribution in [2.45, 2.75) is 32.2 Å². The Morgan fingerprint density at radius 3 is 2.36 bits per heavy atom. The zero-order chi connectivity index (χ0) is 19.8. The fourth-order valence-electron chi connectivity index (χ4n) is 5.21. The maximum absolute atomic E-state index is 12.8. The van der Waals surface area contributed by atoms with Gasteiger partial charge in [0, 0.05) is 25.7 Å². The van der Waals surface area contributed by atoms with E-state index in [1.54, 1.807) is 0 Å². The van der Waals surface area contributed by atoms with Crippen LogP contribution in [0.15, 0.2) is 17.1 Å². The van der Waals surface area contributed by atoms with Crippen LogP contribution in [-0.4, -0.2) is 73.9 Å². The molecule has 2 bridgehead atoms. The molecule has 1 saturated heterocycles. The van der Waals surface area contributed by atoms with E-state index in [4.69, 9.17) is 4.99 Å². The number of hydrogen-bond donors (Lipinski definition) is 2. The third-order valence-corrected chi connectivity index (χ3v) is 6.80. The molecule has 4 aliphatic rings. The van der Waals surface area contributed by atoms with Gasteiger partial charge in [0.2, 0.25) is 11.8 Å². The fraction of sp³-hybridized carbons (Fsp3) is 0.762. The van der Waals surface area contributed by atoms with E-state index in [0.29, 0.717) is 19.1 Å². The number of carbonyl (C=O) groups is 2. The Morgan fingerprint density at radius 2 is 1.82 bits per heavy atom. The summed E-state index contributed by atoms with van der Waals surface area (Å²) in [6, 6.07) is 0.472. The minimum atomic E-state index is -0.108. The number of amides is 2. The standard InChI is InChI=1S/C21H33N5O2/c1-4-22-21(24-12-16(25(2)3)13-5-6-13)23-9-10-26-19(27)17-14-7-8-15(11-14)18(17)20(26)28/h7-8,13-18H,4-6,9-12H2,1-3H3,(H2,22,23,24). The van der Waals surface area contributed by atoms with Crippen molar-refractivity contribution in [1.29, 1.82) is 0 Å². The van der Waals surface area contributed by atoms with Gasteiger partial charge < -0.3 is 15.5 Å². The number of likely N-dealkylation sites (tertiary alicyclic amines) is 1. The molecule has 1 aliphatic heterocycles. The third kappa shape index (κ3) is 3.56. The van der Waals surface area contributed by atoms with Crippen LogP contribution < -0.4 is 10.6 Å². The van der Waals surface area contributed by atoms with Gasteiger partial charge >= 0.3 is 0 Å². The van der Waals surface area contributed by atoms with Gasteiger partial charge in [0.15, 0.2) is 5.96 Å². The topological polar surface area (TPSA) is 77.0 Å². The highest BCUT2D eigenvalue weighted by Crippen LogP contribution is 2.52. The second-order valence-corrected chi connectivity index (χ2v) is 8.84. The molecule has 4 rings (SSSR count). The van der Waals surface area contributed by atoms with E-state index in [9.17, 15) is 9.59 Å². The van der Waals surface area contributed by atoms with E-state index in [2.05, 4.69) is 41.8 Å². The molecule has 0 radical (unpaired) electrons. The highest BCUT2D eigenvalue weighted by molar-refractivity contribution is 6.06. The summed E-state index contributed by atoms with van der Waals surface area (Å²) in [5, 5.41) is 6.57. The molecule has 2 amide bonds. The molecule has 1 heterocycles. The lowest BCUT2D eigenvalue weighted by molar-refractivity contribution is -0.140. The Kier molecular flexibility index (Phi) is 5.45. The van der Waals surface area contributed by atoms with E-state index in [0.717, 1.165) is 31.4 Å². The Hall–Kier alpha value is -1.89. The summed E-state index contributed by atoms with van der Waals surface area (Å²) < 4.78 is 0. The van der Waals surface area contributed by atoms with Crippen molar-refractivity contribution in [3.63, 3.8) is 0 Å². The molecular weight excluding hydrogens is 354 g/mol. The molecule has 7 nitrogen and oxygen atoms in total. The van der Waals surface area contributed by atoms with Gasteiger partial charge in [-0.25, -0.2) is 0 Å². The number of carbonyl (C=O) groups excluding carboxylic acids is 2. The molecule has 28 heavy (non-hydrogen) atoms. The first-order chi connectivity index (χ1) is 13.5. The quantitative estimate of drug-likeness (QED) is 0.277. The molecule has 0 aromatic carbocycles. The van der Waals surface area contributed by atoms with Gasteiger partial charge in [0.25, 0.3) is 0 Å². The molecule has 154 valence electrons. The summed E-state index contributed by atoms with van der Waals surface area (Å²) in [6.45, 7) is 4.52. The lowest BCUT2D eigenvalue weighted by Gasteiger charge is -2.23. The molecule has 0 aromatic rings. The second kappa shape index (κ2) is 7.85. The first-order valence-corrected chi connectivity index (χ1v) is 10.7. The van der Waals surface area contributed by atoms with Crippen LogP contribution in [0.5, 0.6) is 0 Å². The van der Waals surface area contributed by atoms with Crippen LogP contribution in [0.3, 0.4) is 0 Å². The lowest BCUT2D eigenvalue weighted by atomic mass is 9.85. The Balaban J connectivity index is 1.31. The van der Waals surface area contributed by atoms with Crippen LogP contribution >= 0.6 is 0 Å². The summed E-state index contributed by atoms with van der Waals surface area (Å²) in [6.07, 6.45) is 7.83. The van der Waals surface area contributed by atoms with Crippen molar-refractivity contribution in [1.82, 2.24) is 20.4 Å². The van der Waals surface area contributed by atoms with Gasteiger partial charge in [-0.15, -0.1) is 0 Å². The van der Waals surface area contributed by atoms with Gasteiger partial charge in [-0.05, 0) is 58.0 Å². The van der Waals surface area contributed by atoms with Crippen LogP contribution in [0.25, 0.3) is 0 Å². The maximum atomic E-state index is 12.8. The number of nitrogens with zero attached hydrogens (tertiary/aromatic N) is 3. The summed E-state index contributed by atoms with van der Waals surface area (Å²) >= 11 is 0. The maximum Gasteiger partial charge on any atom is 0.233 e. The minimum absolute atomic E-state index is 0.0250. The number of likely N-dealkylation sites (N-methyl/N-ethyl adjacent to an activating group) is 1. The molecule has 2 N–H and O–H groups in total. The van der Waals surface area contributed by atoms with Crippen LogP contribution in [-0.2, 0) is 9.59 Å². The van der Waals surface area contributed by atoms with Crippen molar-refractivity contribution in [2.75, 3.05) is 40.3 Å². The van der Waals surface area contributed by atoms with E-state index in [-0.39, 0.29) is 35.5 Å². The van der Waals surface area contributed by atoms with Gasteiger partial charge in [-0.2, -0.15) is 0 Å².